The van der Waals surface area contributed by atoms with Crippen LogP contribution in [-0.4, -0.2) is 62.0 Å². The Kier molecular flexibility index (Phi) is 5.85. The first kappa shape index (κ1) is 21.8. The molecule has 0 bridgehead atoms. The molecule has 32 heavy (non-hydrogen) atoms. The fourth-order valence-electron chi connectivity index (χ4n) is 3.53. The second-order valence-corrected chi connectivity index (χ2v) is 9.05. The third-order valence-electron chi connectivity index (χ3n) is 5.23. The molecule has 1 N–H and O–H groups in total. The summed E-state index contributed by atoms with van der Waals surface area (Å²) in [7, 11) is -2.38. The zero-order valence-corrected chi connectivity index (χ0v) is 17.9. The van der Waals surface area contributed by atoms with Crippen LogP contribution in [0.25, 0.3) is 11.0 Å². The standard InChI is InChI=1S/C21H20FN3O6S/c1-30-15-5-6-17-18(23-27)13-20(31-19(17)12-15)21(26)24-7-9-25(10-8-24)32(28,29)16-4-2-3-14(22)11-16/h2-6,11-13,27H,7-10H2,1H3/b23-18+. The Morgan fingerprint density at radius 1 is 1.12 bits per heavy atom. The van der Waals surface area contributed by atoms with Crippen LogP contribution in [-0.2, 0) is 10.0 Å². The maximum absolute atomic E-state index is 13.5. The SMILES string of the molecule is COc1ccc2/c(=N/O)cc(C(=O)N3CCN(S(=O)(=O)c4cccc(F)c4)CC3)oc2c1. The summed E-state index contributed by atoms with van der Waals surface area (Å²) >= 11 is 0. The highest BCUT2D eigenvalue weighted by atomic mass is 32.2. The molecule has 11 heteroatoms. The molecule has 1 saturated heterocycles. The zero-order valence-electron chi connectivity index (χ0n) is 17.1. The van der Waals surface area contributed by atoms with Gasteiger partial charge in [-0.25, -0.2) is 12.8 Å². The highest BCUT2D eigenvalue weighted by Crippen LogP contribution is 2.22. The van der Waals surface area contributed by atoms with E-state index in [4.69, 9.17) is 9.15 Å². The molecule has 0 radical (unpaired) electrons. The Hall–Kier alpha value is -3.44. The average molecular weight is 461 g/mol. The molecule has 0 aliphatic carbocycles. The molecule has 1 amide bonds. The lowest BCUT2D eigenvalue weighted by Gasteiger charge is -2.33. The zero-order chi connectivity index (χ0) is 22.9. The highest BCUT2D eigenvalue weighted by molar-refractivity contribution is 7.89. The van der Waals surface area contributed by atoms with Gasteiger partial charge in [-0.2, -0.15) is 4.31 Å². The lowest BCUT2D eigenvalue weighted by Crippen LogP contribution is -2.50. The topological polar surface area (TPSA) is 113 Å². The second kappa shape index (κ2) is 8.60. The number of nitrogens with zero attached hydrogens (tertiary/aromatic N) is 3. The number of rotatable bonds is 4. The molecular formula is C21H20FN3O6S. The van der Waals surface area contributed by atoms with Crippen molar-refractivity contribution in [1.29, 1.82) is 0 Å². The van der Waals surface area contributed by atoms with Crippen molar-refractivity contribution in [2.75, 3.05) is 33.3 Å². The number of amides is 1. The molecule has 1 fully saturated rings. The maximum atomic E-state index is 13.5. The quantitative estimate of drug-likeness (QED) is 0.470. The molecule has 0 atom stereocenters. The van der Waals surface area contributed by atoms with Gasteiger partial charge in [-0.3, -0.25) is 4.79 Å². The Balaban J connectivity index is 1.55. The van der Waals surface area contributed by atoms with Gasteiger partial charge in [-0.1, -0.05) is 11.2 Å². The van der Waals surface area contributed by atoms with Gasteiger partial charge in [-0.15, -0.1) is 0 Å². The monoisotopic (exact) mass is 461 g/mol. The molecule has 168 valence electrons. The van der Waals surface area contributed by atoms with Crippen molar-refractivity contribution in [2.24, 2.45) is 5.16 Å². The highest BCUT2D eigenvalue weighted by Gasteiger charge is 2.31. The number of sulfonamides is 1. The number of hydrogen-bond acceptors (Lipinski definition) is 7. The van der Waals surface area contributed by atoms with Crippen molar-refractivity contribution in [1.82, 2.24) is 9.21 Å². The summed E-state index contributed by atoms with van der Waals surface area (Å²) in [6, 6.07) is 11.0. The summed E-state index contributed by atoms with van der Waals surface area (Å²) in [5.74, 6) is -0.659. The van der Waals surface area contributed by atoms with E-state index in [9.17, 15) is 22.8 Å². The Morgan fingerprint density at radius 3 is 2.53 bits per heavy atom. The number of benzene rings is 2. The fourth-order valence-corrected chi connectivity index (χ4v) is 4.98. The molecular weight excluding hydrogens is 441 g/mol. The number of ether oxygens (including phenoxy) is 1. The van der Waals surface area contributed by atoms with E-state index in [1.807, 2.05) is 0 Å². The van der Waals surface area contributed by atoms with Gasteiger partial charge in [-0.05, 0) is 30.3 Å². The molecule has 4 rings (SSSR count). The van der Waals surface area contributed by atoms with Gasteiger partial charge in [0.25, 0.3) is 5.91 Å². The summed E-state index contributed by atoms with van der Waals surface area (Å²) in [6.07, 6.45) is 0. The molecule has 1 aliphatic rings. The number of carbonyl (C=O) groups excluding carboxylic acids is 1. The summed E-state index contributed by atoms with van der Waals surface area (Å²) in [4.78, 5) is 14.3. The van der Waals surface area contributed by atoms with Gasteiger partial charge < -0.3 is 19.3 Å². The smallest absolute Gasteiger partial charge is 0.289 e. The van der Waals surface area contributed by atoms with Crippen LogP contribution in [0.2, 0.25) is 0 Å². The predicted molar refractivity (Wildman–Crippen MR) is 111 cm³/mol. The molecule has 0 saturated carbocycles. The van der Waals surface area contributed by atoms with E-state index < -0.39 is 21.7 Å². The van der Waals surface area contributed by atoms with Crippen LogP contribution in [0.1, 0.15) is 10.6 Å². The van der Waals surface area contributed by atoms with Crippen LogP contribution in [0.4, 0.5) is 4.39 Å². The van der Waals surface area contributed by atoms with Crippen molar-refractivity contribution in [3.63, 3.8) is 0 Å². The van der Waals surface area contributed by atoms with E-state index in [1.54, 1.807) is 18.2 Å². The summed E-state index contributed by atoms with van der Waals surface area (Å²) < 4.78 is 51.1. The van der Waals surface area contributed by atoms with Gasteiger partial charge in [0, 0.05) is 43.7 Å². The van der Waals surface area contributed by atoms with E-state index in [0.29, 0.717) is 16.7 Å². The van der Waals surface area contributed by atoms with Crippen molar-refractivity contribution in [3.8, 4) is 5.75 Å². The third kappa shape index (κ3) is 4.04. The van der Waals surface area contributed by atoms with Crippen LogP contribution in [0.3, 0.4) is 0 Å². The molecule has 3 aromatic rings. The molecule has 9 nitrogen and oxygen atoms in total. The van der Waals surface area contributed by atoms with Crippen LogP contribution < -0.4 is 10.1 Å². The van der Waals surface area contributed by atoms with Crippen molar-refractivity contribution in [3.05, 3.63) is 65.5 Å². The number of carbonyl (C=O) groups is 1. The normalized spacial score (nSPS) is 15.8. The number of fused-ring (bicyclic) bond motifs is 1. The maximum Gasteiger partial charge on any atom is 0.289 e. The van der Waals surface area contributed by atoms with Gasteiger partial charge >= 0.3 is 0 Å². The Labute approximate surface area is 183 Å². The van der Waals surface area contributed by atoms with E-state index in [0.717, 1.165) is 6.07 Å². The Morgan fingerprint density at radius 2 is 1.88 bits per heavy atom. The van der Waals surface area contributed by atoms with E-state index in [1.165, 1.54) is 40.6 Å². The van der Waals surface area contributed by atoms with Crippen molar-refractivity contribution >= 4 is 26.9 Å². The first-order chi connectivity index (χ1) is 15.3. The average Bonchev–Trinajstić information content (AvgIpc) is 2.82. The molecule has 0 spiro atoms. The third-order valence-corrected chi connectivity index (χ3v) is 7.13. The minimum atomic E-state index is -3.88. The summed E-state index contributed by atoms with van der Waals surface area (Å²) in [5, 5.41) is 13.2. The minimum Gasteiger partial charge on any atom is -0.497 e. The predicted octanol–water partition coefficient (Wildman–Crippen LogP) is 2.02. The molecule has 1 aromatic heterocycles. The van der Waals surface area contributed by atoms with Crippen LogP contribution in [0.5, 0.6) is 5.75 Å². The van der Waals surface area contributed by atoms with Crippen LogP contribution in [0, 0.1) is 5.82 Å². The number of piperazine rings is 1. The minimum absolute atomic E-state index is 0.0449. The number of halogens is 1. The largest absolute Gasteiger partial charge is 0.497 e. The second-order valence-electron chi connectivity index (χ2n) is 7.11. The lowest BCUT2D eigenvalue weighted by molar-refractivity contribution is 0.0666. The Bertz CT molecular complexity index is 1350. The number of methoxy groups -OCH3 is 1. The lowest BCUT2D eigenvalue weighted by atomic mass is 10.2. The molecule has 2 aromatic carbocycles. The van der Waals surface area contributed by atoms with Gasteiger partial charge in [0.05, 0.1) is 12.0 Å². The van der Waals surface area contributed by atoms with E-state index in [-0.39, 0.29) is 42.2 Å². The van der Waals surface area contributed by atoms with Crippen LogP contribution in [0.15, 0.2) is 63.0 Å². The fraction of sp³-hybridized carbons (Fsp3) is 0.238. The van der Waals surface area contributed by atoms with E-state index in [2.05, 4.69) is 5.16 Å². The molecule has 2 heterocycles. The summed E-state index contributed by atoms with van der Waals surface area (Å²) in [5.41, 5.74) is 0.301. The van der Waals surface area contributed by atoms with E-state index >= 15 is 0 Å². The molecule has 0 unspecified atom stereocenters. The first-order valence-corrected chi connectivity index (χ1v) is 11.1. The van der Waals surface area contributed by atoms with Gasteiger partial charge in [0.2, 0.25) is 10.0 Å². The van der Waals surface area contributed by atoms with Crippen LogP contribution >= 0.6 is 0 Å². The number of hydrogen-bond donors (Lipinski definition) is 1. The summed E-state index contributed by atoms with van der Waals surface area (Å²) in [6.45, 7) is 0.321. The van der Waals surface area contributed by atoms with Crippen molar-refractivity contribution in [2.45, 2.75) is 4.90 Å². The van der Waals surface area contributed by atoms with Gasteiger partial charge in [0.15, 0.2) is 5.76 Å². The van der Waals surface area contributed by atoms with Gasteiger partial charge in [0.1, 0.15) is 22.5 Å². The first-order valence-electron chi connectivity index (χ1n) is 9.68. The molecule has 1 aliphatic heterocycles. The van der Waals surface area contributed by atoms with Crippen molar-refractivity contribution < 1.29 is 32.0 Å².